The Balaban J connectivity index is 0.00000300. The van der Waals surface area contributed by atoms with Gasteiger partial charge in [0, 0.05) is 50.9 Å². The van der Waals surface area contributed by atoms with Gasteiger partial charge in [0.1, 0.15) is 0 Å². The Morgan fingerprint density at radius 2 is 1.97 bits per heavy atom. The van der Waals surface area contributed by atoms with Crippen LogP contribution in [0.4, 0.5) is 0 Å². The molecule has 1 aliphatic heterocycles. The smallest absolute Gasteiger partial charge is 0.225 e. The van der Waals surface area contributed by atoms with E-state index in [1.165, 1.54) is 24.1 Å². The molecule has 1 saturated heterocycles. The Kier molecular flexibility index (Phi) is 9.23. The van der Waals surface area contributed by atoms with E-state index < -0.39 is 0 Å². The highest BCUT2D eigenvalue weighted by molar-refractivity contribution is 14.0. The molecule has 7 nitrogen and oxygen atoms in total. The molecule has 0 radical (unpaired) electrons. The monoisotopic (exact) mass is 516 g/mol. The summed E-state index contributed by atoms with van der Waals surface area (Å²) in [6, 6.07) is 0.282. The third-order valence-corrected chi connectivity index (χ3v) is 6.18. The zero-order valence-electron chi connectivity index (χ0n) is 18.3. The zero-order valence-corrected chi connectivity index (χ0v) is 20.7. The molecule has 2 fully saturated rings. The second-order valence-corrected chi connectivity index (χ2v) is 8.18. The zero-order chi connectivity index (χ0) is 20.1. The predicted molar refractivity (Wildman–Crippen MR) is 128 cm³/mol. The average molecular weight is 516 g/mol. The highest BCUT2D eigenvalue weighted by Crippen LogP contribution is 2.27. The molecular formula is C21H37IN6O. The van der Waals surface area contributed by atoms with E-state index in [0.29, 0.717) is 5.91 Å². The molecule has 1 atom stereocenters. The predicted octanol–water partition coefficient (Wildman–Crippen LogP) is 2.54. The number of amides is 1. The molecule has 0 bridgehead atoms. The van der Waals surface area contributed by atoms with Gasteiger partial charge in [0.15, 0.2) is 5.96 Å². The summed E-state index contributed by atoms with van der Waals surface area (Å²) in [5.74, 6) is 1.49. The normalized spacial score (nSPS) is 20.1. The van der Waals surface area contributed by atoms with E-state index in [2.05, 4.69) is 41.4 Å². The van der Waals surface area contributed by atoms with E-state index in [4.69, 9.17) is 4.99 Å². The van der Waals surface area contributed by atoms with Gasteiger partial charge < -0.3 is 15.5 Å². The summed E-state index contributed by atoms with van der Waals surface area (Å²) in [4.78, 5) is 19.5. The van der Waals surface area contributed by atoms with Crippen molar-refractivity contribution in [1.82, 2.24) is 25.3 Å². The first-order valence-corrected chi connectivity index (χ1v) is 10.8. The Morgan fingerprint density at radius 3 is 2.59 bits per heavy atom. The molecule has 3 rings (SSSR count). The van der Waals surface area contributed by atoms with Crippen LogP contribution in [0.2, 0.25) is 0 Å². The summed E-state index contributed by atoms with van der Waals surface area (Å²) < 4.78 is 1.94. The van der Waals surface area contributed by atoms with Crippen molar-refractivity contribution < 1.29 is 4.79 Å². The second-order valence-electron chi connectivity index (χ2n) is 8.18. The molecule has 2 aliphatic rings. The molecule has 2 heterocycles. The summed E-state index contributed by atoms with van der Waals surface area (Å²) in [7, 11) is 1.99. The van der Waals surface area contributed by atoms with Crippen molar-refractivity contribution in [2.75, 3.05) is 26.2 Å². The lowest BCUT2D eigenvalue weighted by Gasteiger charge is -2.21. The van der Waals surface area contributed by atoms with E-state index in [1.54, 1.807) is 0 Å². The van der Waals surface area contributed by atoms with E-state index in [0.717, 1.165) is 63.5 Å². The van der Waals surface area contributed by atoms with Crippen molar-refractivity contribution in [2.45, 2.75) is 65.3 Å². The van der Waals surface area contributed by atoms with Crippen LogP contribution in [0.25, 0.3) is 0 Å². The molecule has 1 aromatic heterocycles. The molecule has 164 valence electrons. The number of aryl methyl sites for hydroxylation is 2. The molecule has 1 aromatic rings. The first-order valence-electron chi connectivity index (χ1n) is 10.8. The summed E-state index contributed by atoms with van der Waals surface area (Å²) in [5, 5.41) is 11.4. The number of aromatic nitrogens is 2. The van der Waals surface area contributed by atoms with Gasteiger partial charge in [0.25, 0.3) is 0 Å². The molecule has 2 N–H and O–H groups in total. The van der Waals surface area contributed by atoms with Crippen molar-refractivity contribution in [3.63, 3.8) is 0 Å². The van der Waals surface area contributed by atoms with Crippen LogP contribution in [0.1, 0.15) is 56.0 Å². The number of nitrogens with one attached hydrogen (secondary N) is 2. The minimum absolute atomic E-state index is 0. The van der Waals surface area contributed by atoms with Gasteiger partial charge >= 0.3 is 0 Å². The maximum atomic E-state index is 12.6. The third kappa shape index (κ3) is 6.08. The molecule has 1 saturated carbocycles. The van der Waals surface area contributed by atoms with Gasteiger partial charge in [-0.1, -0.05) is 12.8 Å². The van der Waals surface area contributed by atoms with Crippen molar-refractivity contribution in [1.29, 1.82) is 0 Å². The van der Waals surface area contributed by atoms with Gasteiger partial charge in [-0.3, -0.25) is 14.5 Å². The number of likely N-dealkylation sites (tertiary alicyclic amines) is 1. The summed E-state index contributed by atoms with van der Waals surface area (Å²) in [6.07, 6.45) is 6.44. The first kappa shape index (κ1) is 24.0. The van der Waals surface area contributed by atoms with Crippen LogP contribution in [0, 0.1) is 19.8 Å². The molecule has 0 aromatic carbocycles. The van der Waals surface area contributed by atoms with Gasteiger partial charge in [-0.2, -0.15) is 5.10 Å². The lowest BCUT2D eigenvalue weighted by atomic mass is 10.1. The lowest BCUT2D eigenvalue weighted by Crippen LogP contribution is -2.45. The summed E-state index contributed by atoms with van der Waals surface area (Å²) in [6.45, 7) is 9.45. The molecule has 29 heavy (non-hydrogen) atoms. The Hall–Kier alpha value is -1.32. The van der Waals surface area contributed by atoms with Crippen LogP contribution in [0.5, 0.6) is 0 Å². The van der Waals surface area contributed by atoms with Crippen molar-refractivity contribution >= 4 is 35.8 Å². The van der Waals surface area contributed by atoms with Crippen LogP contribution in [0.3, 0.4) is 0 Å². The molecular weight excluding hydrogens is 479 g/mol. The largest absolute Gasteiger partial charge is 0.357 e. The Labute approximate surface area is 192 Å². The number of hydrogen-bond donors (Lipinski definition) is 2. The lowest BCUT2D eigenvalue weighted by molar-refractivity contribution is -0.134. The van der Waals surface area contributed by atoms with Crippen LogP contribution >= 0.6 is 24.0 Å². The maximum absolute atomic E-state index is 12.6. The SMILES string of the molecule is CCNC(=NCCc1c(C)nn(C)c1C)NC1CCN(C(=O)C2CCCC2)C1.I. The van der Waals surface area contributed by atoms with Crippen molar-refractivity contribution in [2.24, 2.45) is 18.0 Å². The fourth-order valence-electron chi connectivity index (χ4n) is 4.48. The molecule has 1 amide bonds. The molecule has 1 unspecified atom stereocenters. The number of nitrogens with zero attached hydrogens (tertiary/aromatic N) is 4. The van der Waals surface area contributed by atoms with Crippen LogP contribution < -0.4 is 10.6 Å². The topological polar surface area (TPSA) is 74.6 Å². The number of rotatable bonds is 6. The minimum atomic E-state index is 0. The first-order chi connectivity index (χ1) is 13.5. The summed E-state index contributed by atoms with van der Waals surface area (Å²) >= 11 is 0. The van der Waals surface area contributed by atoms with Crippen molar-refractivity contribution in [3.05, 3.63) is 17.0 Å². The highest BCUT2D eigenvalue weighted by Gasteiger charge is 2.32. The third-order valence-electron chi connectivity index (χ3n) is 6.18. The van der Waals surface area contributed by atoms with Crippen LogP contribution in [-0.2, 0) is 18.3 Å². The standard InChI is InChI=1S/C21H36N6O.HI/c1-5-22-21(23-12-10-19-15(2)25-26(4)16(19)3)24-18-11-13-27(14-18)20(28)17-8-6-7-9-17;/h17-18H,5-14H2,1-4H3,(H2,22,23,24);1H. The number of guanidine groups is 1. The van der Waals surface area contributed by atoms with E-state index in [-0.39, 0.29) is 35.9 Å². The number of aliphatic imine (C=N–C) groups is 1. The number of carbonyl (C=O) groups excluding carboxylic acids is 1. The van der Waals surface area contributed by atoms with Gasteiger partial charge in [-0.25, -0.2) is 0 Å². The van der Waals surface area contributed by atoms with Crippen molar-refractivity contribution in [3.8, 4) is 0 Å². The Bertz CT molecular complexity index is 710. The van der Waals surface area contributed by atoms with Gasteiger partial charge in [0.05, 0.1) is 5.69 Å². The molecule has 0 spiro atoms. The van der Waals surface area contributed by atoms with E-state index in [1.807, 2.05) is 11.7 Å². The number of halogens is 1. The van der Waals surface area contributed by atoms with Gasteiger partial charge in [0.2, 0.25) is 5.91 Å². The molecule has 1 aliphatic carbocycles. The number of hydrogen-bond acceptors (Lipinski definition) is 3. The second kappa shape index (κ2) is 11.2. The fraction of sp³-hybridized carbons (Fsp3) is 0.762. The quantitative estimate of drug-likeness (QED) is 0.346. The maximum Gasteiger partial charge on any atom is 0.225 e. The van der Waals surface area contributed by atoms with Gasteiger partial charge in [-0.15, -0.1) is 24.0 Å². The summed E-state index contributed by atoms with van der Waals surface area (Å²) in [5.41, 5.74) is 3.59. The van der Waals surface area contributed by atoms with E-state index in [9.17, 15) is 4.79 Å². The fourth-order valence-corrected chi connectivity index (χ4v) is 4.48. The molecule has 8 heteroatoms. The van der Waals surface area contributed by atoms with E-state index >= 15 is 0 Å². The average Bonchev–Trinajstić information content (AvgIpc) is 3.40. The number of carbonyl (C=O) groups is 1. The van der Waals surface area contributed by atoms with Crippen LogP contribution in [0.15, 0.2) is 4.99 Å². The Morgan fingerprint density at radius 1 is 1.24 bits per heavy atom. The van der Waals surface area contributed by atoms with Crippen LogP contribution in [-0.4, -0.2) is 58.8 Å². The highest BCUT2D eigenvalue weighted by atomic mass is 127. The van der Waals surface area contributed by atoms with Gasteiger partial charge in [-0.05, 0) is 52.0 Å². The minimum Gasteiger partial charge on any atom is -0.357 e.